The maximum absolute atomic E-state index is 14.4. The van der Waals surface area contributed by atoms with Crippen molar-refractivity contribution in [2.45, 2.75) is 114 Å². The van der Waals surface area contributed by atoms with Crippen molar-refractivity contribution in [3.05, 3.63) is 60.7 Å². The van der Waals surface area contributed by atoms with Crippen LogP contribution >= 0.6 is 0 Å². The number of hydrogen-bond acceptors (Lipinski definition) is 8. The molecule has 270 valence electrons. The Kier molecular flexibility index (Phi) is 10.0. The Morgan fingerprint density at radius 3 is 2.38 bits per heavy atom. The largest absolute Gasteiger partial charge is 0.446 e. The highest BCUT2D eigenvalue weighted by atomic mass is 32.2. The first kappa shape index (κ1) is 35.8. The molecule has 4 amide bonds. The summed E-state index contributed by atoms with van der Waals surface area (Å²) in [6.07, 6.45) is 4.83. The van der Waals surface area contributed by atoms with Crippen LogP contribution in [0.1, 0.15) is 77.7 Å². The first-order valence-electron chi connectivity index (χ1n) is 17.6. The second-order valence-corrected chi connectivity index (χ2v) is 17.2. The van der Waals surface area contributed by atoms with Gasteiger partial charge in [0.2, 0.25) is 21.8 Å². The van der Waals surface area contributed by atoms with Gasteiger partial charge in [-0.3, -0.25) is 19.1 Å². The lowest BCUT2D eigenvalue weighted by atomic mass is 9.85. The van der Waals surface area contributed by atoms with Crippen molar-refractivity contribution >= 4 is 44.6 Å². The van der Waals surface area contributed by atoms with Gasteiger partial charge in [0.25, 0.3) is 5.91 Å². The Morgan fingerprint density at radius 1 is 1.02 bits per heavy atom. The van der Waals surface area contributed by atoms with Gasteiger partial charge in [-0.05, 0) is 66.7 Å². The first-order valence-corrected chi connectivity index (χ1v) is 19.1. The molecule has 6 rings (SSSR count). The third-order valence-electron chi connectivity index (χ3n) is 10.4. The summed E-state index contributed by atoms with van der Waals surface area (Å²) in [5.41, 5.74) is -1.31. The van der Waals surface area contributed by atoms with E-state index in [0.29, 0.717) is 12.8 Å². The second-order valence-electron chi connectivity index (χ2n) is 15.3. The number of sulfonamides is 1. The molecule has 3 aliphatic carbocycles. The monoisotopic (exact) mass is 708 g/mol. The Labute approximate surface area is 293 Å². The van der Waals surface area contributed by atoms with Gasteiger partial charge in [-0.25, -0.2) is 13.2 Å². The summed E-state index contributed by atoms with van der Waals surface area (Å²) in [6, 6.07) is 11.8. The number of ether oxygens (including phenoxy) is 2. The molecule has 2 aromatic rings. The lowest BCUT2D eigenvalue weighted by Gasteiger charge is -2.35. The van der Waals surface area contributed by atoms with Gasteiger partial charge in [-0.1, -0.05) is 69.3 Å². The van der Waals surface area contributed by atoms with E-state index in [4.69, 9.17) is 9.47 Å². The summed E-state index contributed by atoms with van der Waals surface area (Å²) in [5.74, 6) is -2.40. The third-order valence-corrected chi connectivity index (χ3v) is 12.2. The molecule has 0 spiro atoms. The topological polar surface area (TPSA) is 160 Å². The van der Waals surface area contributed by atoms with E-state index in [0.717, 1.165) is 42.0 Å². The highest BCUT2D eigenvalue weighted by Gasteiger charge is 2.62. The van der Waals surface area contributed by atoms with E-state index in [-0.39, 0.29) is 32.1 Å². The number of nitrogens with zero attached hydrogens (tertiary/aromatic N) is 1. The van der Waals surface area contributed by atoms with E-state index < -0.39 is 74.1 Å². The molecule has 0 unspecified atom stereocenters. The molecule has 1 saturated heterocycles. The average Bonchev–Trinajstić information content (AvgIpc) is 3.95. The van der Waals surface area contributed by atoms with Gasteiger partial charge in [0.15, 0.2) is 0 Å². The Balaban J connectivity index is 1.23. The molecule has 1 heterocycles. The summed E-state index contributed by atoms with van der Waals surface area (Å²) >= 11 is 0. The number of hydrogen-bond donors (Lipinski definition) is 3. The predicted octanol–water partition coefficient (Wildman–Crippen LogP) is 4.08. The molecular weight excluding hydrogens is 660 g/mol. The van der Waals surface area contributed by atoms with Crippen molar-refractivity contribution in [2.75, 3.05) is 6.54 Å². The molecule has 0 aromatic heterocycles. The van der Waals surface area contributed by atoms with Crippen LogP contribution < -0.4 is 15.4 Å². The first-order chi connectivity index (χ1) is 23.7. The standard InChI is InChI=1S/C37H48N4O8S/c1-5-25-20-37(25,34(44)40-50(46,47)28-17-18-28)39-32(42)30-19-27(48-22-24-13-10-12-23-11-6-9-16-29(23)24)21-41(30)33(43)31(36(2,3)4)38-35(45)49-26-14-7-8-15-26/h5-6,9-13,16,25-28,30-31H,1,7-8,14-15,17-22H2,2-4H3,(H,38,45)(H,39,42)(H,40,44)/t25-,27-,30+,31-,37+/m1/s1. The smallest absolute Gasteiger partial charge is 0.408 e. The van der Waals surface area contributed by atoms with Crippen molar-refractivity contribution in [2.24, 2.45) is 11.3 Å². The van der Waals surface area contributed by atoms with Gasteiger partial charge in [-0.2, -0.15) is 0 Å². The molecule has 3 N–H and O–H groups in total. The Hall–Kier alpha value is -3.97. The van der Waals surface area contributed by atoms with Gasteiger partial charge in [0.1, 0.15) is 23.7 Å². The number of carbonyl (C=O) groups excluding carboxylic acids is 4. The normalized spacial score (nSPS) is 25.9. The van der Waals surface area contributed by atoms with Crippen LogP contribution in [0.25, 0.3) is 10.8 Å². The molecule has 4 aliphatic rings. The highest BCUT2D eigenvalue weighted by molar-refractivity contribution is 7.91. The van der Waals surface area contributed by atoms with Gasteiger partial charge >= 0.3 is 6.09 Å². The lowest BCUT2D eigenvalue weighted by Crippen LogP contribution is -2.60. The van der Waals surface area contributed by atoms with E-state index in [1.807, 2.05) is 63.2 Å². The van der Waals surface area contributed by atoms with Crippen LogP contribution in [0.2, 0.25) is 0 Å². The van der Waals surface area contributed by atoms with Crippen molar-refractivity contribution in [1.29, 1.82) is 0 Å². The number of benzene rings is 2. The van der Waals surface area contributed by atoms with Gasteiger partial charge < -0.3 is 25.0 Å². The Bertz CT molecular complexity index is 1760. The third kappa shape index (κ3) is 7.68. The number of likely N-dealkylation sites (tertiary alicyclic amines) is 1. The van der Waals surface area contributed by atoms with E-state index in [1.54, 1.807) is 0 Å². The van der Waals surface area contributed by atoms with E-state index in [1.165, 1.54) is 11.0 Å². The van der Waals surface area contributed by atoms with Crippen LogP contribution in [-0.2, 0) is 40.5 Å². The Morgan fingerprint density at radius 2 is 1.72 bits per heavy atom. The van der Waals surface area contributed by atoms with Crippen LogP contribution in [0.3, 0.4) is 0 Å². The van der Waals surface area contributed by atoms with Crippen molar-refractivity contribution in [3.8, 4) is 0 Å². The molecule has 13 heteroatoms. The number of rotatable bonds is 12. The molecule has 50 heavy (non-hydrogen) atoms. The number of nitrogens with one attached hydrogen (secondary N) is 3. The van der Waals surface area contributed by atoms with Crippen LogP contribution in [0, 0.1) is 11.3 Å². The molecular formula is C37H48N4O8S. The quantitative estimate of drug-likeness (QED) is 0.278. The minimum atomic E-state index is -3.87. The van der Waals surface area contributed by atoms with Crippen molar-refractivity contribution in [3.63, 3.8) is 0 Å². The zero-order chi connectivity index (χ0) is 35.8. The van der Waals surface area contributed by atoms with Crippen LogP contribution in [-0.4, -0.2) is 78.8 Å². The lowest BCUT2D eigenvalue weighted by molar-refractivity contribution is -0.143. The van der Waals surface area contributed by atoms with Gasteiger partial charge in [-0.15, -0.1) is 6.58 Å². The fourth-order valence-corrected chi connectivity index (χ4v) is 8.54. The molecule has 12 nitrogen and oxygen atoms in total. The molecule has 0 bridgehead atoms. The SMILES string of the molecule is C=C[C@@H]1C[C@@]1(NC(=O)[C@@H]1C[C@@H](OCc2cccc3ccccc23)CN1C(=O)[C@@H](NC(=O)OC1CCCC1)C(C)(C)C)C(=O)NS(=O)(=O)C1CC1. The number of carbonyl (C=O) groups is 4. The van der Waals surface area contributed by atoms with E-state index in [2.05, 4.69) is 21.9 Å². The zero-order valence-electron chi connectivity index (χ0n) is 29.0. The fraction of sp³-hybridized carbons (Fsp3) is 0.568. The molecule has 2 aromatic carbocycles. The van der Waals surface area contributed by atoms with Gasteiger partial charge in [0.05, 0.1) is 18.0 Å². The van der Waals surface area contributed by atoms with Crippen LogP contribution in [0.4, 0.5) is 4.79 Å². The molecule has 4 fully saturated rings. The van der Waals surface area contributed by atoms with Crippen molar-refractivity contribution < 1.29 is 37.1 Å². The van der Waals surface area contributed by atoms with Crippen LogP contribution in [0.15, 0.2) is 55.1 Å². The summed E-state index contributed by atoms with van der Waals surface area (Å²) in [4.78, 5) is 56.5. The van der Waals surface area contributed by atoms with Crippen molar-refractivity contribution in [1.82, 2.24) is 20.3 Å². The van der Waals surface area contributed by atoms with E-state index in [9.17, 15) is 27.6 Å². The molecule has 1 aliphatic heterocycles. The van der Waals surface area contributed by atoms with Crippen LogP contribution in [0.5, 0.6) is 0 Å². The molecule has 5 atom stereocenters. The minimum Gasteiger partial charge on any atom is -0.446 e. The van der Waals surface area contributed by atoms with Gasteiger partial charge in [0, 0.05) is 18.9 Å². The predicted molar refractivity (Wildman–Crippen MR) is 187 cm³/mol. The maximum Gasteiger partial charge on any atom is 0.408 e. The maximum atomic E-state index is 14.4. The summed E-state index contributed by atoms with van der Waals surface area (Å²) in [7, 11) is -3.87. The molecule has 3 saturated carbocycles. The minimum absolute atomic E-state index is 0.0633. The fourth-order valence-electron chi connectivity index (χ4n) is 7.18. The summed E-state index contributed by atoms with van der Waals surface area (Å²) in [6.45, 7) is 9.55. The number of amides is 4. The summed E-state index contributed by atoms with van der Waals surface area (Å²) < 4.78 is 39.5. The zero-order valence-corrected chi connectivity index (χ0v) is 29.8. The molecule has 0 radical (unpaired) electrons. The average molecular weight is 709 g/mol. The highest BCUT2D eigenvalue weighted by Crippen LogP contribution is 2.45. The second kappa shape index (κ2) is 14.0. The summed E-state index contributed by atoms with van der Waals surface area (Å²) in [5, 5.41) is 7.07. The number of alkyl carbamates (subject to hydrolysis) is 1. The number of fused-ring (bicyclic) bond motifs is 1. The van der Waals surface area contributed by atoms with E-state index >= 15 is 0 Å².